The highest BCUT2D eigenvalue weighted by Gasteiger charge is 2.27. The molecule has 0 aliphatic carbocycles. The first-order chi connectivity index (χ1) is 17.0. The number of hydrogen-bond donors (Lipinski definition) is 1. The number of hydrogen-bond acceptors (Lipinski definition) is 7. The van der Waals surface area contributed by atoms with Crippen LogP contribution in [0.1, 0.15) is 23.2 Å². The van der Waals surface area contributed by atoms with E-state index < -0.39 is 5.82 Å². The molecular weight excluding hydrogens is 491 g/mol. The zero-order chi connectivity index (χ0) is 24.4. The van der Waals surface area contributed by atoms with Crippen LogP contribution in [0.25, 0.3) is 10.9 Å². The number of amides is 1. The molecule has 180 valence electrons. The lowest BCUT2D eigenvalue weighted by atomic mass is 10.1. The summed E-state index contributed by atoms with van der Waals surface area (Å²) in [5, 5.41) is 7.40. The Bertz CT molecular complexity index is 1370. The van der Waals surface area contributed by atoms with Crippen molar-refractivity contribution in [2.45, 2.75) is 18.9 Å². The molecule has 10 heteroatoms. The molecule has 5 rings (SSSR count). The Labute approximate surface area is 210 Å². The Hall–Kier alpha value is -3.43. The highest BCUT2D eigenvalue weighted by molar-refractivity contribution is 7.08. The second-order valence-corrected chi connectivity index (χ2v) is 9.30. The number of halogens is 2. The molecule has 1 aliphatic heterocycles. The largest absolute Gasteiger partial charge is 0.493 e. The predicted molar refractivity (Wildman–Crippen MR) is 135 cm³/mol. The summed E-state index contributed by atoms with van der Waals surface area (Å²) in [6.45, 7) is 1.16. The van der Waals surface area contributed by atoms with Crippen LogP contribution in [-0.2, 0) is 0 Å². The standard InChI is InChI=1S/C25H22ClFN4O3S/c1-33-21-11-20-17(24(29-14-28-20)30-19-6-2-5-18(26)23(19)27)10-22(21)34-16-4-3-8-31(12-16)25(32)15-7-9-35-13-15/h2,5-7,9-11,13-14,16H,3-4,8,12H2,1H3,(H,28,29,30). The van der Waals surface area contributed by atoms with E-state index in [0.717, 1.165) is 12.8 Å². The molecule has 7 nitrogen and oxygen atoms in total. The maximum atomic E-state index is 14.5. The highest BCUT2D eigenvalue weighted by Crippen LogP contribution is 2.36. The molecule has 1 N–H and O–H groups in total. The summed E-state index contributed by atoms with van der Waals surface area (Å²) in [6, 6.07) is 10.1. The minimum absolute atomic E-state index is 0.00783. The number of likely N-dealkylation sites (tertiary alicyclic amines) is 1. The first kappa shape index (κ1) is 23.3. The summed E-state index contributed by atoms with van der Waals surface area (Å²) in [5.41, 5.74) is 1.50. The number of aromatic nitrogens is 2. The van der Waals surface area contributed by atoms with E-state index in [1.807, 2.05) is 21.7 Å². The van der Waals surface area contributed by atoms with Gasteiger partial charge in [0.15, 0.2) is 17.3 Å². The number of anilines is 2. The van der Waals surface area contributed by atoms with Crippen LogP contribution in [0.4, 0.5) is 15.9 Å². The van der Waals surface area contributed by atoms with Crippen molar-refractivity contribution in [2.24, 2.45) is 0 Å². The Morgan fingerprint density at radius 3 is 2.94 bits per heavy atom. The van der Waals surface area contributed by atoms with Crippen LogP contribution in [0.5, 0.6) is 11.5 Å². The van der Waals surface area contributed by atoms with E-state index in [0.29, 0.717) is 46.9 Å². The van der Waals surface area contributed by atoms with E-state index in [1.165, 1.54) is 23.7 Å². The smallest absolute Gasteiger partial charge is 0.254 e. The average Bonchev–Trinajstić information content (AvgIpc) is 3.41. The quantitative estimate of drug-likeness (QED) is 0.345. The Morgan fingerprint density at radius 2 is 2.14 bits per heavy atom. The molecule has 0 radical (unpaired) electrons. The number of ether oxygens (including phenoxy) is 2. The molecule has 1 aliphatic rings. The monoisotopic (exact) mass is 512 g/mol. The minimum atomic E-state index is -0.566. The van der Waals surface area contributed by atoms with Gasteiger partial charge in [0.05, 0.1) is 35.4 Å². The molecule has 0 spiro atoms. The van der Waals surface area contributed by atoms with Gasteiger partial charge in [0.25, 0.3) is 5.91 Å². The Kier molecular flexibility index (Phi) is 6.70. The fourth-order valence-corrected chi connectivity index (χ4v) is 4.91. The van der Waals surface area contributed by atoms with E-state index in [4.69, 9.17) is 21.1 Å². The molecule has 2 aromatic heterocycles. The average molecular weight is 513 g/mol. The normalized spacial score (nSPS) is 15.7. The van der Waals surface area contributed by atoms with Gasteiger partial charge < -0.3 is 19.7 Å². The first-order valence-electron chi connectivity index (χ1n) is 11.1. The zero-order valence-corrected chi connectivity index (χ0v) is 20.4. The van der Waals surface area contributed by atoms with Crippen LogP contribution in [0.2, 0.25) is 5.02 Å². The van der Waals surface area contributed by atoms with Gasteiger partial charge in [0, 0.05) is 23.4 Å². The van der Waals surface area contributed by atoms with Crippen molar-refractivity contribution < 1.29 is 18.7 Å². The van der Waals surface area contributed by atoms with Gasteiger partial charge in [-0.05, 0) is 42.5 Å². The number of nitrogens with zero attached hydrogens (tertiary/aromatic N) is 3. The van der Waals surface area contributed by atoms with E-state index in [9.17, 15) is 9.18 Å². The SMILES string of the molecule is COc1cc2ncnc(Nc3cccc(Cl)c3F)c2cc1OC1CCCN(C(=O)c2ccsc2)C1. The lowest BCUT2D eigenvalue weighted by Gasteiger charge is -2.33. The van der Waals surface area contributed by atoms with Gasteiger partial charge in [0.2, 0.25) is 0 Å². The predicted octanol–water partition coefficient (Wildman–Crippen LogP) is 5.92. The first-order valence-corrected chi connectivity index (χ1v) is 12.4. The van der Waals surface area contributed by atoms with Gasteiger partial charge in [0.1, 0.15) is 18.2 Å². The van der Waals surface area contributed by atoms with Gasteiger partial charge >= 0.3 is 0 Å². The lowest BCUT2D eigenvalue weighted by Crippen LogP contribution is -2.44. The fourth-order valence-electron chi connectivity index (χ4n) is 4.11. The number of carbonyl (C=O) groups excluding carboxylic acids is 1. The second-order valence-electron chi connectivity index (χ2n) is 8.11. The summed E-state index contributed by atoms with van der Waals surface area (Å²) in [4.78, 5) is 23.3. The van der Waals surface area contributed by atoms with E-state index in [2.05, 4.69) is 15.3 Å². The molecule has 1 unspecified atom stereocenters. The molecule has 1 saturated heterocycles. The molecule has 0 saturated carbocycles. The number of fused-ring (bicyclic) bond motifs is 1. The van der Waals surface area contributed by atoms with Crippen molar-refractivity contribution in [1.82, 2.24) is 14.9 Å². The number of carbonyl (C=O) groups is 1. The van der Waals surface area contributed by atoms with Crippen molar-refractivity contribution in [3.63, 3.8) is 0 Å². The molecular formula is C25H22ClFN4O3S. The van der Waals surface area contributed by atoms with Crippen molar-refractivity contribution in [3.05, 3.63) is 69.9 Å². The van der Waals surface area contributed by atoms with Gasteiger partial charge in [-0.1, -0.05) is 17.7 Å². The third kappa shape index (κ3) is 4.87. The maximum Gasteiger partial charge on any atom is 0.254 e. The summed E-state index contributed by atoms with van der Waals surface area (Å²) in [6.07, 6.45) is 2.82. The molecule has 2 aromatic carbocycles. The summed E-state index contributed by atoms with van der Waals surface area (Å²) in [7, 11) is 1.56. The number of piperidine rings is 1. The van der Waals surface area contributed by atoms with E-state index in [-0.39, 0.29) is 22.7 Å². The van der Waals surface area contributed by atoms with Crippen LogP contribution in [-0.4, -0.2) is 47.1 Å². The molecule has 3 heterocycles. The molecule has 35 heavy (non-hydrogen) atoms. The van der Waals surface area contributed by atoms with Gasteiger partial charge in [-0.25, -0.2) is 14.4 Å². The van der Waals surface area contributed by atoms with Crippen LogP contribution in [0.15, 0.2) is 53.5 Å². The minimum Gasteiger partial charge on any atom is -0.493 e. The molecule has 0 bridgehead atoms. The third-order valence-electron chi connectivity index (χ3n) is 5.85. The maximum absolute atomic E-state index is 14.5. The van der Waals surface area contributed by atoms with E-state index in [1.54, 1.807) is 31.4 Å². The Balaban J connectivity index is 1.43. The van der Waals surface area contributed by atoms with Crippen molar-refractivity contribution in [1.29, 1.82) is 0 Å². The number of nitrogens with one attached hydrogen (secondary N) is 1. The second kappa shape index (κ2) is 10.1. The molecule has 1 atom stereocenters. The summed E-state index contributed by atoms with van der Waals surface area (Å²) in [5.74, 6) is 0.857. The number of rotatable bonds is 6. The van der Waals surface area contributed by atoms with Crippen LogP contribution < -0.4 is 14.8 Å². The lowest BCUT2D eigenvalue weighted by molar-refractivity contribution is 0.0533. The fraction of sp³-hybridized carbons (Fsp3) is 0.240. The number of benzene rings is 2. The zero-order valence-electron chi connectivity index (χ0n) is 18.8. The van der Waals surface area contributed by atoms with Crippen molar-refractivity contribution in [2.75, 3.05) is 25.5 Å². The summed E-state index contributed by atoms with van der Waals surface area (Å²) < 4.78 is 26.4. The molecule has 4 aromatic rings. The highest BCUT2D eigenvalue weighted by atomic mass is 35.5. The molecule has 1 fully saturated rings. The van der Waals surface area contributed by atoms with Crippen LogP contribution >= 0.6 is 22.9 Å². The number of thiophene rings is 1. The van der Waals surface area contributed by atoms with Crippen LogP contribution in [0, 0.1) is 5.82 Å². The van der Waals surface area contributed by atoms with Crippen molar-refractivity contribution in [3.8, 4) is 11.5 Å². The van der Waals surface area contributed by atoms with E-state index >= 15 is 0 Å². The van der Waals surface area contributed by atoms with Crippen molar-refractivity contribution >= 4 is 51.3 Å². The summed E-state index contributed by atoms with van der Waals surface area (Å²) >= 11 is 7.43. The topological polar surface area (TPSA) is 76.6 Å². The Morgan fingerprint density at radius 1 is 1.26 bits per heavy atom. The third-order valence-corrected chi connectivity index (χ3v) is 6.83. The molecule has 1 amide bonds. The van der Waals surface area contributed by atoms with Gasteiger partial charge in [-0.3, -0.25) is 4.79 Å². The van der Waals surface area contributed by atoms with Gasteiger partial charge in [-0.15, -0.1) is 0 Å². The van der Waals surface area contributed by atoms with Gasteiger partial charge in [-0.2, -0.15) is 11.3 Å². The number of methoxy groups -OCH3 is 1. The van der Waals surface area contributed by atoms with Crippen LogP contribution in [0.3, 0.4) is 0 Å².